The summed E-state index contributed by atoms with van der Waals surface area (Å²) < 4.78 is 1.77. The van der Waals surface area contributed by atoms with Crippen LogP contribution in [0.1, 0.15) is 31.9 Å². The average Bonchev–Trinajstić information content (AvgIpc) is 3.37. The van der Waals surface area contributed by atoms with Crippen LogP contribution in [0.4, 0.5) is 5.95 Å². The smallest absolute Gasteiger partial charge is 0.260 e. The molecule has 0 unspecified atom stereocenters. The summed E-state index contributed by atoms with van der Waals surface area (Å²) >= 11 is 6.73. The zero-order valence-corrected chi connectivity index (χ0v) is 20.6. The predicted molar refractivity (Wildman–Crippen MR) is 140 cm³/mol. The fourth-order valence-corrected chi connectivity index (χ4v) is 4.87. The Morgan fingerprint density at radius 1 is 1.17 bits per heavy atom. The molecule has 0 spiro atoms. The largest absolute Gasteiger partial charge is 0.354 e. The molecule has 35 heavy (non-hydrogen) atoms. The van der Waals surface area contributed by atoms with Crippen LogP contribution in [0.25, 0.3) is 33.4 Å². The molecule has 180 valence electrons. The van der Waals surface area contributed by atoms with Crippen LogP contribution in [-0.4, -0.2) is 43.6 Å². The number of anilines is 1. The summed E-state index contributed by atoms with van der Waals surface area (Å²) in [6.45, 7) is 6.18. The first-order valence-electron chi connectivity index (χ1n) is 12.0. The van der Waals surface area contributed by atoms with Gasteiger partial charge in [0.2, 0.25) is 5.95 Å². The van der Waals surface area contributed by atoms with Crippen LogP contribution < -0.4 is 16.2 Å². The molecule has 1 saturated heterocycles. The standard InChI is InChI=1S/C26H28ClN7O/c1-3-29-26-31-14-18-11-21(25(35)34(24(18)33-26)10-8-19-5-4-9-30-19)20-7-6-17(12-22(20)27)23-15-28-13-16(2)32-23/h6-7,11-15,19,30H,3-5,8-10H2,1-2H3,(H,29,31,33)/t19-/m0/s1. The van der Waals surface area contributed by atoms with Crippen molar-refractivity contribution < 1.29 is 0 Å². The molecule has 2 N–H and O–H groups in total. The third-order valence-corrected chi connectivity index (χ3v) is 6.65. The molecule has 1 aliphatic heterocycles. The Morgan fingerprint density at radius 2 is 2.06 bits per heavy atom. The predicted octanol–water partition coefficient (Wildman–Crippen LogP) is 4.45. The molecule has 3 aromatic heterocycles. The lowest BCUT2D eigenvalue weighted by molar-refractivity contribution is 0.504. The van der Waals surface area contributed by atoms with E-state index in [1.165, 1.54) is 6.42 Å². The number of hydrogen-bond acceptors (Lipinski definition) is 7. The van der Waals surface area contributed by atoms with Crippen molar-refractivity contribution in [2.75, 3.05) is 18.4 Å². The van der Waals surface area contributed by atoms with E-state index in [1.54, 1.807) is 23.2 Å². The van der Waals surface area contributed by atoms with Gasteiger partial charge in [0, 0.05) is 58.6 Å². The Hall–Kier alpha value is -3.36. The first-order valence-corrected chi connectivity index (χ1v) is 12.4. The summed E-state index contributed by atoms with van der Waals surface area (Å²) in [5, 5.41) is 7.94. The van der Waals surface area contributed by atoms with E-state index in [0.29, 0.717) is 46.9 Å². The maximum Gasteiger partial charge on any atom is 0.260 e. The topological polar surface area (TPSA) is 97.6 Å². The van der Waals surface area contributed by atoms with Crippen molar-refractivity contribution in [1.82, 2.24) is 29.8 Å². The highest BCUT2D eigenvalue weighted by Crippen LogP contribution is 2.31. The van der Waals surface area contributed by atoms with Crippen molar-refractivity contribution in [3.05, 3.63) is 63.9 Å². The number of pyridine rings is 1. The Balaban J connectivity index is 1.59. The lowest BCUT2D eigenvalue weighted by atomic mass is 10.0. The van der Waals surface area contributed by atoms with E-state index in [2.05, 4.69) is 30.6 Å². The molecule has 1 aromatic carbocycles. The van der Waals surface area contributed by atoms with Crippen LogP contribution in [0.5, 0.6) is 0 Å². The van der Waals surface area contributed by atoms with Crippen molar-refractivity contribution in [2.45, 2.75) is 45.7 Å². The molecule has 0 aliphatic carbocycles. The van der Waals surface area contributed by atoms with Crippen LogP contribution in [0.15, 0.2) is 47.7 Å². The lowest BCUT2D eigenvalue weighted by Crippen LogP contribution is -2.28. The second-order valence-corrected chi connectivity index (χ2v) is 9.25. The van der Waals surface area contributed by atoms with Crippen LogP contribution in [0, 0.1) is 6.92 Å². The van der Waals surface area contributed by atoms with Gasteiger partial charge in [0.1, 0.15) is 5.65 Å². The first kappa shape index (κ1) is 23.4. The van der Waals surface area contributed by atoms with Crippen LogP contribution in [0.2, 0.25) is 5.02 Å². The summed E-state index contributed by atoms with van der Waals surface area (Å²) in [7, 11) is 0. The van der Waals surface area contributed by atoms with E-state index in [9.17, 15) is 4.79 Å². The van der Waals surface area contributed by atoms with Crippen LogP contribution in [0.3, 0.4) is 0 Å². The molecule has 4 aromatic rings. The van der Waals surface area contributed by atoms with Gasteiger partial charge in [0.25, 0.3) is 5.56 Å². The second kappa shape index (κ2) is 10.1. The van der Waals surface area contributed by atoms with Crippen molar-refractivity contribution >= 4 is 28.6 Å². The Kier molecular flexibility index (Phi) is 6.74. The summed E-state index contributed by atoms with van der Waals surface area (Å²) in [4.78, 5) is 31.6. The quantitative estimate of drug-likeness (QED) is 0.395. The minimum absolute atomic E-state index is 0.110. The molecule has 1 atom stereocenters. The highest BCUT2D eigenvalue weighted by Gasteiger charge is 2.19. The number of aromatic nitrogens is 5. The number of fused-ring (bicyclic) bond motifs is 1. The maximum absolute atomic E-state index is 13.8. The molecule has 0 radical (unpaired) electrons. The van der Waals surface area contributed by atoms with E-state index in [0.717, 1.165) is 41.7 Å². The molecule has 0 amide bonds. The number of aryl methyl sites for hydroxylation is 2. The van der Waals surface area contributed by atoms with E-state index < -0.39 is 0 Å². The van der Waals surface area contributed by atoms with E-state index in [-0.39, 0.29) is 5.56 Å². The van der Waals surface area contributed by atoms with E-state index in [1.807, 2.05) is 38.1 Å². The number of benzene rings is 1. The molecule has 0 saturated carbocycles. The Bertz CT molecular complexity index is 1430. The van der Waals surface area contributed by atoms with Crippen LogP contribution in [-0.2, 0) is 6.54 Å². The summed E-state index contributed by atoms with van der Waals surface area (Å²) in [6, 6.07) is 7.88. The molecule has 4 heterocycles. The molecule has 5 rings (SSSR count). The average molecular weight is 490 g/mol. The lowest BCUT2D eigenvalue weighted by Gasteiger charge is -2.16. The normalized spacial score (nSPS) is 15.6. The highest BCUT2D eigenvalue weighted by atomic mass is 35.5. The van der Waals surface area contributed by atoms with Gasteiger partial charge in [-0.15, -0.1) is 0 Å². The van der Waals surface area contributed by atoms with E-state index in [4.69, 9.17) is 11.6 Å². The van der Waals surface area contributed by atoms with Gasteiger partial charge in [-0.1, -0.05) is 23.7 Å². The van der Waals surface area contributed by atoms with Crippen molar-refractivity contribution in [1.29, 1.82) is 0 Å². The highest BCUT2D eigenvalue weighted by molar-refractivity contribution is 6.33. The van der Waals surface area contributed by atoms with Gasteiger partial charge in [-0.3, -0.25) is 14.3 Å². The van der Waals surface area contributed by atoms with Crippen molar-refractivity contribution in [2.24, 2.45) is 0 Å². The van der Waals surface area contributed by atoms with Gasteiger partial charge in [-0.2, -0.15) is 4.98 Å². The molecule has 1 aliphatic rings. The number of nitrogens with zero attached hydrogens (tertiary/aromatic N) is 5. The zero-order chi connectivity index (χ0) is 24.4. The van der Waals surface area contributed by atoms with Gasteiger partial charge in [0.05, 0.1) is 17.6 Å². The number of nitrogens with one attached hydrogen (secondary N) is 2. The fourth-order valence-electron chi connectivity index (χ4n) is 4.59. The summed E-state index contributed by atoms with van der Waals surface area (Å²) in [5.41, 5.74) is 4.14. The van der Waals surface area contributed by atoms with Crippen molar-refractivity contribution in [3.63, 3.8) is 0 Å². The number of halogens is 1. The van der Waals surface area contributed by atoms with E-state index >= 15 is 0 Å². The van der Waals surface area contributed by atoms with Crippen LogP contribution >= 0.6 is 11.6 Å². The Morgan fingerprint density at radius 3 is 2.80 bits per heavy atom. The zero-order valence-electron chi connectivity index (χ0n) is 19.9. The Labute approximate surface area is 208 Å². The third kappa shape index (κ3) is 4.90. The molecular weight excluding hydrogens is 462 g/mol. The molecule has 1 fully saturated rings. The number of rotatable bonds is 7. The first-order chi connectivity index (χ1) is 17.0. The van der Waals surface area contributed by atoms with Gasteiger partial charge in [-0.25, -0.2) is 9.97 Å². The second-order valence-electron chi connectivity index (χ2n) is 8.84. The number of hydrogen-bond donors (Lipinski definition) is 2. The SMILES string of the molecule is CCNc1ncc2cc(-c3ccc(-c4cncc(C)n4)cc3Cl)c(=O)n(CC[C@@H]3CCCN3)c2n1. The monoisotopic (exact) mass is 489 g/mol. The minimum Gasteiger partial charge on any atom is -0.354 e. The molecule has 8 nitrogen and oxygen atoms in total. The van der Waals surface area contributed by atoms with Gasteiger partial charge < -0.3 is 10.6 Å². The molecular formula is C26H28ClN7O. The third-order valence-electron chi connectivity index (χ3n) is 6.34. The van der Waals surface area contributed by atoms with Gasteiger partial charge in [-0.05, 0) is 51.8 Å². The van der Waals surface area contributed by atoms with Gasteiger partial charge in [0.15, 0.2) is 0 Å². The minimum atomic E-state index is -0.110. The van der Waals surface area contributed by atoms with Gasteiger partial charge >= 0.3 is 0 Å². The summed E-state index contributed by atoms with van der Waals surface area (Å²) in [5.74, 6) is 0.515. The summed E-state index contributed by atoms with van der Waals surface area (Å²) in [6.07, 6.45) is 8.33. The fraction of sp³-hybridized carbons (Fsp3) is 0.346. The maximum atomic E-state index is 13.8. The molecule has 0 bridgehead atoms. The molecule has 9 heteroatoms. The van der Waals surface area contributed by atoms with Crippen molar-refractivity contribution in [3.8, 4) is 22.4 Å².